The van der Waals surface area contributed by atoms with E-state index in [2.05, 4.69) is 32.2 Å². The summed E-state index contributed by atoms with van der Waals surface area (Å²) < 4.78 is 1.71. The van der Waals surface area contributed by atoms with E-state index in [4.69, 9.17) is 0 Å². The van der Waals surface area contributed by atoms with Crippen molar-refractivity contribution < 1.29 is 4.79 Å². The Balaban J connectivity index is 1.34. The maximum absolute atomic E-state index is 12.5. The van der Waals surface area contributed by atoms with Crippen LogP contribution in [-0.2, 0) is 4.79 Å². The lowest BCUT2D eigenvalue weighted by atomic mass is 9.85. The van der Waals surface area contributed by atoms with Crippen molar-refractivity contribution in [3.8, 4) is 5.82 Å². The minimum Gasteiger partial charge on any atom is -0.355 e. The molecule has 2 aromatic rings. The highest BCUT2D eigenvalue weighted by Crippen LogP contribution is 2.26. The summed E-state index contributed by atoms with van der Waals surface area (Å²) in [5.41, 5.74) is 0. The molecule has 1 aliphatic carbocycles. The summed E-state index contributed by atoms with van der Waals surface area (Å²) in [4.78, 5) is 23.2. The van der Waals surface area contributed by atoms with Crippen LogP contribution in [0.3, 0.4) is 0 Å². The van der Waals surface area contributed by atoms with E-state index in [-0.39, 0.29) is 11.8 Å². The average molecular weight is 340 g/mol. The van der Waals surface area contributed by atoms with Gasteiger partial charge in [0.05, 0.1) is 5.92 Å². The Morgan fingerprint density at radius 2 is 2.00 bits per heavy atom. The zero-order chi connectivity index (χ0) is 17.2. The van der Waals surface area contributed by atoms with Gasteiger partial charge in [0.2, 0.25) is 5.91 Å². The molecule has 7 heteroatoms. The highest BCUT2D eigenvalue weighted by Gasteiger charge is 2.35. The van der Waals surface area contributed by atoms with E-state index in [1.54, 1.807) is 17.2 Å². The topological polar surface area (TPSA) is 75.9 Å². The third kappa shape index (κ3) is 3.36. The Bertz CT molecular complexity index is 725. The Labute approximate surface area is 147 Å². The first kappa shape index (κ1) is 16.1. The van der Waals surface area contributed by atoms with E-state index < -0.39 is 0 Å². The summed E-state index contributed by atoms with van der Waals surface area (Å²) in [6.45, 7) is 3.67. The lowest BCUT2D eigenvalue weighted by Crippen LogP contribution is -2.56. The fraction of sp³-hybridized carbons (Fsp3) is 0.556. The number of carbonyl (C=O) groups excluding carboxylic acids is 1. The van der Waals surface area contributed by atoms with Crippen molar-refractivity contribution in [2.24, 2.45) is 11.8 Å². The van der Waals surface area contributed by atoms with Gasteiger partial charge in [-0.15, -0.1) is 0 Å². The molecule has 1 saturated heterocycles. The molecule has 2 aromatic heterocycles. The largest absolute Gasteiger partial charge is 0.355 e. The molecule has 132 valence electrons. The minimum absolute atomic E-state index is 0.0530. The Morgan fingerprint density at radius 3 is 2.76 bits per heavy atom. The molecule has 0 radical (unpaired) electrons. The van der Waals surface area contributed by atoms with Crippen LogP contribution in [0.2, 0.25) is 0 Å². The van der Waals surface area contributed by atoms with Gasteiger partial charge in [0.15, 0.2) is 5.82 Å². The summed E-state index contributed by atoms with van der Waals surface area (Å²) >= 11 is 0. The van der Waals surface area contributed by atoms with E-state index >= 15 is 0 Å². The molecule has 3 heterocycles. The predicted octanol–water partition coefficient (Wildman–Crippen LogP) is 1.79. The lowest BCUT2D eigenvalue weighted by molar-refractivity contribution is -0.127. The van der Waals surface area contributed by atoms with Gasteiger partial charge in [-0.1, -0.05) is 19.8 Å². The molecule has 2 atom stereocenters. The molecule has 1 aliphatic heterocycles. The first-order valence-corrected chi connectivity index (χ1v) is 9.08. The molecular weight excluding hydrogens is 316 g/mol. The van der Waals surface area contributed by atoms with Crippen molar-refractivity contribution in [1.82, 2.24) is 25.1 Å². The fourth-order valence-corrected chi connectivity index (χ4v) is 3.70. The maximum atomic E-state index is 12.5. The standard InChI is InChI=1S/C18H24N6O/c1-13-5-2-3-6-15(13)22-18(25)14-10-23(11-14)16-9-17(20-12-19-16)24-8-4-7-21-24/h4,7-9,12-15H,2-3,5-6,10-11H2,1H3,(H,22,25). The first-order valence-electron chi connectivity index (χ1n) is 9.08. The van der Waals surface area contributed by atoms with Crippen molar-refractivity contribution in [2.75, 3.05) is 18.0 Å². The van der Waals surface area contributed by atoms with Crippen molar-refractivity contribution in [3.63, 3.8) is 0 Å². The summed E-state index contributed by atoms with van der Waals surface area (Å²) in [6.07, 6.45) is 9.97. The molecule has 2 aliphatic rings. The van der Waals surface area contributed by atoms with E-state index in [0.717, 1.165) is 18.1 Å². The molecule has 1 N–H and O–H groups in total. The van der Waals surface area contributed by atoms with E-state index in [1.807, 2.05) is 18.3 Å². The predicted molar refractivity (Wildman–Crippen MR) is 94.4 cm³/mol. The van der Waals surface area contributed by atoms with Crippen LogP contribution in [0.5, 0.6) is 0 Å². The molecular formula is C18H24N6O. The summed E-state index contributed by atoms with van der Waals surface area (Å²) in [7, 11) is 0. The van der Waals surface area contributed by atoms with Crippen molar-refractivity contribution in [3.05, 3.63) is 30.9 Å². The molecule has 2 unspecified atom stereocenters. The Kier molecular flexibility index (Phi) is 4.38. The number of hydrogen-bond donors (Lipinski definition) is 1. The third-order valence-corrected chi connectivity index (χ3v) is 5.39. The van der Waals surface area contributed by atoms with Gasteiger partial charge < -0.3 is 10.2 Å². The zero-order valence-electron chi connectivity index (χ0n) is 14.5. The summed E-state index contributed by atoms with van der Waals surface area (Å²) in [6, 6.07) is 4.11. The lowest BCUT2D eigenvalue weighted by Gasteiger charge is -2.40. The van der Waals surface area contributed by atoms with Gasteiger partial charge in [0.25, 0.3) is 0 Å². The second-order valence-electron chi connectivity index (χ2n) is 7.16. The van der Waals surface area contributed by atoms with E-state index in [0.29, 0.717) is 25.0 Å². The monoisotopic (exact) mass is 340 g/mol. The van der Waals surface area contributed by atoms with Crippen molar-refractivity contribution in [2.45, 2.75) is 38.6 Å². The molecule has 0 aromatic carbocycles. The maximum Gasteiger partial charge on any atom is 0.226 e. The van der Waals surface area contributed by atoms with Gasteiger partial charge in [0, 0.05) is 37.6 Å². The molecule has 4 rings (SSSR count). The van der Waals surface area contributed by atoms with Crippen LogP contribution in [0, 0.1) is 11.8 Å². The van der Waals surface area contributed by atoms with Gasteiger partial charge in [-0.25, -0.2) is 14.6 Å². The van der Waals surface area contributed by atoms with Crippen LogP contribution in [0.4, 0.5) is 5.82 Å². The van der Waals surface area contributed by atoms with Crippen LogP contribution in [-0.4, -0.2) is 44.8 Å². The number of hydrogen-bond acceptors (Lipinski definition) is 5. The first-order chi connectivity index (χ1) is 12.2. The van der Waals surface area contributed by atoms with Crippen molar-refractivity contribution >= 4 is 11.7 Å². The minimum atomic E-state index is 0.0530. The third-order valence-electron chi connectivity index (χ3n) is 5.39. The molecule has 1 amide bonds. The number of amides is 1. The van der Waals surface area contributed by atoms with Crippen LogP contribution < -0.4 is 10.2 Å². The number of nitrogens with one attached hydrogen (secondary N) is 1. The van der Waals surface area contributed by atoms with Gasteiger partial charge in [0.1, 0.15) is 12.1 Å². The van der Waals surface area contributed by atoms with Crippen LogP contribution in [0.25, 0.3) is 5.82 Å². The molecule has 7 nitrogen and oxygen atoms in total. The van der Waals surface area contributed by atoms with Gasteiger partial charge >= 0.3 is 0 Å². The normalized spacial score (nSPS) is 24.0. The van der Waals surface area contributed by atoms with E-state index in [1.165, 1.54) is 19.3 Å². The highest BCUT2D eigenvalue weighted by atomic mass is 16.2. The smallest absolute Gasteiger partial charge is 0.226 e. The number of carbonyl (C=O) groups is 1. The fourth-order valence-electron chi connectivity index (χ4n) is 3.70. The van der Waals surface area contributed by atoms with E-state index in [9.17, 15) is 4.79 Å². The van der Waals surface area contributed by atoms with Crippen molar-refractivity contribution in [1.29, 1.82) is 0 Å². The number of nitrogens with zero attached hydrogens (tertiary/aromatic N) is 5. The number of rotatable bonds is 4. The molecule has 0 bridgehead atoms. The van der Waals surface area contributed by atoms with Gasteiger partial charge in [-0.2, -0.15) is 5.10 Å². The SMILES string of the molecule is CC1CCCCC1NC(=O)C1CN(c2cc(-n3cccn3)ncn2)C1. The molecule has 0 spiro atoms. The van der Waals surface area contributed by atoms with Crippen LogP contribution >= 0.6 is 0 Å². The van der Waals surface area contributed by atoms with Gasteiger partial charge in [-0.05, 0) is 24.8 Å². The molecule has 1 saturated carbocycles. The summed E-state index contributed by atoms with van der Waals surface area (Å²) in [5, 5.41) is 7.45. The quantitative estimate of drug-likeness (QED) is 0.918. The molecule has 25 heavy (non-hydrogen) atoms. The second-order valence-corrected chi connectivity index (χ2v) is 7.16. The average Bonchev–Trinajstić information content (AvgIpc) is 3.10. The highest BCUT2D eigenvalue weighted by molar-refractivity contribution is 5.82. The van der Waals surface area contributed by atoms with Crippen LogP contribution in [0.15, 0.2) is 30.9 Å². The Morgan fingerprint density at radius 1 is 1.20 bits per heavy atom. The van der Waals surface area contributed by atoms with Gasteiger partial charge in [-0.3, -0.25) is 4.79 Å². The zero-order valence-corrected chi connectivity index (χ0v) is 14.5. The van der Waals surface area contributed by atoms with Crippen LogP contribution in [0.1, 0.15) is 32.6 Å². The molecule has 2 fully saturated rings. The number of aromatic nitrogens is 4. The summed E-state index contributed by atoms with van der Waals surface area (Å²) in [5.74, 6) is 2.41. The second kappa shape index (κ2) is 6.82. The Hall–Kier alpha value is -2.44. The number of anilines is 1.